The molecule has 0 N–H and O–H groups in total. The summed E-state index contributed by atoms with van der Waals surface area (Å²) < 4.78 is 12.2. The number of aromatic nitrogens is 1. The lowest BCUT2D eigenvalue weighted by molar-refractivity contribution is 0.0593. The Labute approximate surface area is 140 Å². The van der Waals surface area contributed by atoms with Crippen LogP contribution in [0, 0.1) is 12.3 Å². The van der Waals surface area contributed by atoms with Gasteiger partial charge in [0.2, 0.25) is 5.88 Å². The summed E-state index contributed by atoms with van der Waals surface area (Å²) in [5, 5.41) is 0. The normalized spacial score (nSPS) is 15.3. The maximum atomic E-state index is 12.7. The average Bonchev–Trinajstić information content (AvgIpc) is 2.55. The van der Waals surface area contributed by atoms with Crippen LogP contribution in [0.4, 0.5) is 0 Å². The van der Waals surface area contributed by atoms with Crippen LogP contribution in [-0.2, 0) is 11.3 Å². The van der Waals surface area contributed by atoms with Gasteiger partial charge in [-0.15, -0.1) is 0 Å². The summed E-state index contributed by atoms with van der Waals surface area (Å²) in [6.45, 7) is 7.07. The molecule has 5 nitrogen and oxygen atoms in total. The van der Waals surface area contributed by atoms with Gasteiger partial charge in [0.25, 0.3) is 5.56 Å². The molecule has 1 aliphatic heterocycles. The highest BCUT2D eigenvalue weighted by molar-refractivity contribution is 5.91. The largest absolute Gasteiger partial charge is 0.478 e. The zero-order chi connectivity index (χ0) is 17.5. The molecule has 0 saturated heterocycles. The van der Waals surface area contributed by atoms with Crippen molar-refractivity contribution in [2.45, 2.75) is 27.3 Å². The molecule has 2 heterocycles. The van der Waals surface area contributed by atoms with Gasteiger partial charge in [-0.3, -0.25) is 9.36 Å². The molecule has 0 bridgehead atoms. The van der Waals surface area contributed by atoms with Crippen molar-refractivity contribution < 1.29 is 14.3 Å². The van der Waals surface area contributed by atoms with Crippen LogP contribution in [0.5, 0.6) is 5.88 Å². The lowest BCUT2D eigenvalue weighted by Crippen LogP contribution is -2.40. The van der Waals surface area contributed by atoms with Crippen molar-refractivity contribution in [3.63, 3.8) is 0 Å². The lowest BCUT2D eigenvalue weighted by Gasteiger charge is -2.33. The summed E-state index contributed by atoms with van der Waals surface area (Å²) in [4.78, 5) is 24.8. The third-order valence-electron chi connectivity index (χ3n) is 4.19. The Morgan fingerprint density at radius 3 is 2.54 bits per heavy atom. The van der Waals surface area contributed by atoms with Crippen molar-refractivity contribution in [1.82, 2.24) is 4.57 Å². The van der Waals surface area contributed by atoms with Gasteiger partial charge in [-0.2, -0.15) is 0 Å². The Hall–Kier alpha value is -2.56. The predicted octanol–water partition coefficient (Wildman–Crippen LogP) is 3.03. The number of fused-ring (bicyclic) bond motifs is 1. The highest BCUT2D eigenvalue weighted by atomic mass is 16.5. The van der Waals surface area contributed by atoms with Crippen molar-refractivity contribution >= 4 is 5.97 Å². The number of nitrogens with zero attached hydrogens (tertiary/aromatic N) is 1. The smallest absolute Gasteiger partial charge is 0.343 e. The number of hydrogen-bond acceptors (Lipinski definition) is 4. The summed E-state index contributed by atoms with van der Waals surface area (Å²) in [6.07, 6.45) is 0. The zero-order valence-electron chi connectivity index (χ0n) is 14.4. The summed E-state index contributed by atoms with van der Waals surface area (Å²) in [6, 6.07) is 9.47. The van der Waals surface area contributed by atoms with Gasteiger partial charge < -0.3 is 9.47 Å². The van der Waals surface area contributed by atoms with Crippen LogP contribution in [0.1, 0.15) is 29.8 Å². The van der Waals surface area contributed by atoms with Gasteiger partial charge >= 0.3 is 5.97 Å². The van der Waals surface area contributed by atoms with Crippen molar-refractivity contribution in [3.05, 3.63) is 51.8 Å². The summed E-state index contributed by atoms with van der Waals surface area (Å²) in [5.74, 6) is -0.122. The number of hydrogen-bond donors (Lipinski definition) is 0. The molecule has 0 amide bonds. The monoisotopic (exact) mass is 327 g/mol. The highest BCUT2D eigenvalue weighted by Crippen LogP contribution is 2.36. The number of methoxy groups -OCH3 is 1. The van der Waals surface area contributed by atoms with Crippen LogP contribution in [0.3, 0.4) is 0 Å². The van der Waals surface area contributed by atoms with Gasteiger partial charge in [0.1, 0.15) is 5.56 Å². The Balaban J connectivity index is 2.27. The molecule has 1 aliphatic rings. The molecule has 0 unspecified atom stereocenters. The average molecular weight is 327 g/mol. The SMILES string of the molecule is COC(=O)c1cc(-c2ccc(C)cc2)c2n(c1=O)CC(C)(C)CO2. The Kier molecular flexibility index (Phi) is 3.95. The van der Waals surface area contributed by atoms with E-state index in [0.29, 0.717) is 19.0 Å². The van der Waals surface area contributed by atoms with Gasteiger partial charge in [-0.1, -0.05) is 43.7 Å². The van der Waals surface area contributed by atoms with E-state index in [1.807, 2.05) is 45.0 Å². The lowest BCUT2D eigenvalue weighted by atomic mass is 9.92. The van der Waals surface area contributed by atoms with E-state index >= 15 is 0 Å². The van der Waals surface area contributed by atoms with Crippen LogP contribution in [0.2, 0.25) is 0 Å². The molecule has 0 spiro atoms. The molecule has 0 atom stereocenters. The van der Waals surface area contributed by atoms with E-state index in [9.17, 15) is 9.59 Å². The molecule has 0 fully saturated rings. The third kappa shape index (κ3) is 2.82. The number of pyridine rings is 1. The zero-order valence-corrected chi connectivity index (χ0v) is 14.4. The number of esters is 1. The maximum absolute atomic E-state index is 12.7. The van der Waals surface area contributed by atoms with E-state index in [-0.39, 0.29) is 16.5 Å². The van der Waals surface area contributed by atoms with Crippen molar-refractivity contribution in [2.24, 2.45) is 5.41 Å². The second-order valence-corrected chi connectivity index (χ2v) is 6.98. The number of carbonyl (C=O) groups is 1. The van der Waals surface area contributed by atoms with Gasteiger partial charge in [0.15, 0.2) is 0 Å². The highest BCUT2D eigenvalue weighted by Gasteiger charge is 2.31. The van der Waals surface area contributed by atoms with Crippen LogP contribution in [0.15, 0.2) is 35.1 Å². The van der Waals surface area contributed by atoms with E-state index in [1.165, 1.54) is 7.11 Å². The van der Waals surface area contributed by atoms with Crippen LogP contribution in [0.25, 0.3) is 11.1 Å². The minimum absolute atomic E-state index is 0.0260. The number of aryl methyl sites for hydroxylation is 1. The second kappa shape index (κ2) is 5.82. The molecule has 126 valence electrons. The molecule has 1 aromatic carbocycles. The first-order valence-corrected chi connectivity index (χ1v) is 7.88. The Morgan fingerprint density at radius 2 is 1.92 bits per heavy atom. The molecular formula is C19H21NO4. The number of carbonyl (C=O) groups excluding carboxylic acids is 1. The molecule has 1 aromatic heterocycles. The molecule has 3 rings (SSSR count). The second-order valence-electron chi connectivity index (χ2n) is 6.98. The van der Waals surface area contributed by atoms with E-state index in [1.54, 1.807) is 10.6 Å². The van der Waals surface area contributed by atoms with Gasteiger partial charge in [-0.05, 0) is 18.6 Å². The summed E-state index contributed by atoms with van der Waals surface area (Å²) >= 11 is 0. The molecule has 5 heteroatoms. The molecule has 24 heavy (non-hydrogen) atoms. The van der Waals surface area contributed by atoms with Crippen molar-refractivity contribution in [3.8, 4) is 17.0 Å². The van der Waals surface area contributed by atoms with Gasteiger partial charge in [0.05, 0.1) is 13.7 Å². The fraction of sp³-hybridized carbons (Fsp3) is 0.368. The standard InChI is InChI=1S/C19H21NO4/c1-12-5-7-13(8-6-12)14-9-15(18(22)23-4)16(21)20-10-19(2,3)11-24-17(14)20/h5-9H,10-11H2,1-4H3. The fourth-order valence-corrected chi connectivity index (χ4v) is 2.88. The summed E-state index contributed by atoms with van der Waals surface area (Å²) in [7, 11) is 1.28. The van der Waals surface area contributed by atoms with Crippen LogP contribution >= 0.6 is 0 Å². The van der Waals surface area contributed by atoms with Gasteiger partial charge in [-0.25, -0.2) is 4.79 Å². The Bertz CT molecular complexity index is 847. The molecule has 0 radical (unpaired) electrons. The van der Waals surface area contributed by atoms with Gasteiger partial charge in [0, 0.05) is 17.5 Å². The molecule has 2 aromatic rings. The van der Waals surface area contributed by atoms with E-state index in [2.05, 4.69) is 0 Å². The molecular weight excluding hydrogens is 306 g/mol. The van der Waals surface area contributed by atoms with Crippen LogP contribution in [-0.4, -0.2) is 24.3 Å². The predicted molar refractivity (Wildman–Crippen MR) is 91.5 cm³/mol. The quantitative estimate of drug-likeness (QED) is 0.796. The maximum Gasteiger partial charge on any atom is 0.343 e. The Morgan fingerprint density at radius 1 is 1.25 bits per heavy atom. The van der Waals surface area contributed by atoms with Crippen molar-refractivity contribution in [2.75, 3.05) is 13.7 Å². The van der Waals surface area contributed by atoms with Crippen molar-refractivity contribution in [1.29, 1.82) is 0 Å². The minimum atomic E-state index is -0.632. The van der Waals surface area contributed by atoms with Crippen LogP contribution < -0.4 is 10.3 Å². The number of ether oxygens (including phenoxy) is 2. The third-order valence-corrected chi connectivity index (χ3v) is 4.19. The van der Waals surface area contributed by atoms with E-state index < -0.39 is 5.97 Å². The summed E-state index contributed by atoms with van der Waals surface area (Å²) in [5.41, 5.74) is 2.23. The first-order valence-electron chi connectivity index (χ1n) is 7.88. The van der Waals surface area contributed by atoms with E-state index in [4.69, 9.17) is 9.47 Å². The molecule has 0 aliphatic carbocycles. The topological polar surface area (TPSA) is 57.5 Å². The minimum Gasteiger partial charge on any atom is -0.478 e. The fourth-order valence-electron chi connectivity index (χ4n) is 2.88. The number of rotatable bonds is 2. The van der Waals surface area contributed by atoms with E-state index in [0.717, 1.165) is 16.7 Å². The number of benzene rings is 1. The first-order chi connectivity index (χ1) is 11.3. The first kappa shape index (κ1) is 16.3. The molecule has 0 saturated carbocycles.